The highest BCUT2D eigenvalue weighted by Gasteiger charge is 2.45. The first-order valence-electron chi connectivity index (χ1n) is 10.3. The number of rotatable bonds is 6. The molecule has 2 unspecified atom stereocenters. The molecule has 0 saturated carbocycles. The Labute approximate surface area is 159 Å². The van der Waals surface area contributed by atoms with E-state index in [1.165, 1.54) is 24.8 Å². The van der Waals surface area contributed by atoms with Gasteiger partial charge in [0.1, 0.15) is 17.1 Å². The van der Waals surface area contributed by atoms with E-state index in [4.69, 9.17) is 4.74 Å². The Morgan fingerprint density at radius 1 is 1.23 bits per heavy atom. The number of aromatic hydroxyl groups is 1. The van der Waals surface area contributed by atoms with Crippen molar-refractivity contribution in [1.29, 1.82) is 0 Å². The van der Waals surface area contributed by atoms with Gasteiger partial charge in [0.25, 0.3) is 0 Å². The van der Waals surface area contributed by atoms with Crippen molar-refractivity contribution in [1.82, 2.24) is 0 Å². The van der Waals surface area contributed by atoms with Gasteiger partial charge < -0.3 is 9.84 Å². The molecule has 2 aliphatic rings. The topological polar surface area (TPSA) is 29.5 Å². The molecule has 1 heterocycles. The summed E-state index contributed by atoms with van der Waals surface area (Å²) in [6.07, 6.45) is 14.7. The van der Waals surface area contributed by atoms with Crippen LogP contribution < -0.4 is 4.74 Å². The van der Waals surface area contributed by atoms with E-state index in [0.717, 1.165) is 42.6 Å². The third kappa shape index (κ3) is 4.00. The highest BCUT2D eigenvalue weighted by molar-refractivity contribution is 5.53. The average molecular weight is 355 g/mol. The van der Waals surface area contributed by atoms with Crippen LogP contribution in [-0.2, 0) is 6.42 Å². The summed E-state index contributed by atoms with van der Waals surface area (Å²) in [6.45, 7) is 8.82. The summed E-state index contributed by atoms with van der Waals surface area (Å²) in [5.41, 5.74) is 3.38. The molecule has 2 atom stereocenters. The van der Waals surface area contributed by atoms with E-state index in [9.17, 15) is 5.11 Å². The van der Waals surface area contributed by atoms with Crippen LogP contribution >= 0.6 is 0 Å². The molecule has 1 aliphatic carbocycles. The first-order chi connectivity index (χ1) is 12.4. The number of unbranched alkanes of at least 4 members (excludes halogenated alkanes) is 3. The Balaban J connectivity index is 1.81. The number of hydrogen-bond acceptors (Lipinski definition) is 2. The van der Waals surface area contributed by atoms with Crippen LogP contribution in [0.3, 0.4) is 0 Å². The monoisotopic (exact) mass is 354 g/mol. The fraction of sp³-hybridized carbons (Fsp3) is 0.583. The summed E-state index contributed by atoms with van der Waals surface area (Å²) < 4.78 is 6.39. The second-order valence-corrected chi connectivity index (χ2v) is 8.61. The lowest BCUT2D eigenvalue weighted by molar-refractivity contribution is 0.00754. The van der Waals surface area contributed by atoms with Gasteiger partial charge in [0, 0.05) is 17.4 Å². The van der Waals surface area contributed by atoms with E-state index in [1.54, 1.807) is 0 Å². The summed E-state index contributed by atoms with van der Waals surface area (Å²) in [5.74, 6) is 2.09. The summed E-state index contributed by atoms with van der Waals surface area (Å²) in [7, 11) is 0. The van der Waals surface area contributed by atoms with Gasteiger partial charge in [0.15, 0.2) is 0 Å². The third-order valence-electron chi connectivity index (χ3n) is 6.06. The Kier molecular flexibility index (Phi) is 5.79. The fourth-order valence-electron chi connectivity index (χ4n) is 4.59. The molecule has 1 aliphatic heterocycles. The maximum absolute atomic E-state index is 10.8. The second kappa shape index (κ2) is 7.90. The Hall–Kier alpha value is -1.70. The lowest BCUT2D eigenvalue weighted by Crippen LogP contribution is -2.45. The minimum Gasteiger partial charge on any atom is -0.508 e. The molecular formula is C24H34O2. The summed E-state index contributed by atoms with van der Waals surface area (Å²) in [4.78, 5) is 0. The molecular weight excluding hydrogens is 320 g/mol. The minimum atomic E-state index is -0.198. The van der Waals surface area contributed by atoms with Gasteiger partial charge in [0.2, 0.25) is 0 Å². The second-order valence-electron chi connectivity index (χ2n) is 8.61. The van der Waals surface area contributed by atoms with E-state index in [2.05, 4.69) is 52.0 Å². The molecule has 0 aromatic heterocycles. The van der Waals surface area contributed by atoms with Crippen molar-refractivity contribution >= 4 is 0 Å². The highest BCUT2D eigenvalue weighted by atomic mass is 16.5. The molecule has 2 nitrogen and oxygen atoms in total. The molecule has 26 heavy (non-hydrogen) atoms. The molecule has 1 aromatic carbocycles. The molecule has 3 rings (SSSR count). The molecule has 0 bridgehead atoms. The van der Waals surface area contributed by atoms with Crippen molar-refractivity contribution in [3.05, 3.63) is 47.1 Å². The van der Waals surface area contributed by atoms with Gasteiger partial charge in [0.05, 0.1) is 0 Å². The van der Waals surface area contributed by atoms with Crippen LogP contribution in [0.25, 0.3) is 0 Å². The normalized spacial score (nSPS) is 23.9. The van der Waals surface area contributed by atoms with Crippen LogP contribution in [-0.4, -0.2) is 10.7 Å². The lowest BCUT2D eigenvalue weighted by Gasteiger charge is -2.47. The molecule has 0 fully saturated rings. The Morgan fingerprint density at radius 3 is 2.81 bits per heavy atom. The largest absolute Gasteiger partial charge is 0.508 e. The number of fused-ring (bicyclic) bond motifs is 3. The minimum absolute atomic E-state index is 0.198. The first-order valence-corrected chi connectivity index (χ1v) is 10.3. The molecule has 0 saturated heterocycles. The number of ether oxygens (including phenoxy) is 1. The van der Waals surface area contributed by atoms with Crippen molar-refractivity contribution < 1.29 is 9.84 Å². The predicted octanol–water partition coefficient (Wildman–Crippen LogP) is 6.68. The summed E-state index contributed by atoms with van der Waals surface area (Å²) >= 11 is 0. The van der Waals surface area contributed by atoms with Gasteiger partial charge >= 0.3 is 0 Å². The average Bonchev–Trinajstić information content (AvgIpc) is 2.56. The van der Waals surface area contributed by atoms with Crippen molar-refractivity contribution in [3.63, 3.8) is 0 Å². The summed E-state index contributed by atoms with van der Waals surface area (Å²) in [5, 5.41) is 10.8. The SMILES string of the molecule is CCCCC/C=C/Cc1cc(O)c2c(c1)OC(C)(C)C1CC=C(C)CC21. The number of benzene rings is 1. The van der Waals surface area contributed by atoms with Gasteiger partial charge in [-0.3, -0.25) is 0 Å². The van der Waals surface area contributed by atoms with Crippen molar-refractivity contribution in [2.75, 3.05) is 0 Å². The van der Waals surface area contributed by atoms with Crippen LogP contribution in [0, 0.1) is 5.92 Å². The van der Waals surface area contributed by atoms with Gasteiger partial charge in [-0.15, -0.1) is 0 Å². The van der Waals surface area contributed by atoms with Gasteiger partial charge in [-0.1, -0.05) is 43.6 Å². The lowest BCUT2D eigenvalue weighted by atomic mass is 9.67. The molecule has 0 spiro atoms. The molecule has 142 valence electrons. The van der Waals surface area contributed by atoms with Crippen LogP contribution in [0.5, 0.6) is 11.5 Å². The van der Waals surface area contributed by atoms with Gasteiger partial charge in [-0.25, -0.2) is 0 Å². The zero-order valence-corrected chi connectivity index (χ0v) is 16.8. The van der Waals surface area contributed by atoms with E-state index < -0.39 is 0 Å². The van der Waals surface area contributed by atoms with Crippen molar-refractivity contribution in [2.45, 2.75) is 84.2 Å². The first kappa shape index (κ1) is 19.1. The Bertz CT molecular complexity index is 696. The van der Waals surface area contributed by atoms with Crippen LogP contribution in [0.2, 0.25) is 0 Å². The molecule has 1 aromatic rings. The quantitative estimate of drug-likeness (QED) is 0.456. The van der Waals surface area contributed by atoms with Crippen LogP contribution in [0.1, 0.15) is 83.3 Å². The predicted molar refractivity (Wildman–Crippen MR) is 109 cm³/mol. The van der Waals surface area contributed by atoms with E-state index in [0.29, 0.717) is 17.6 Å². The third-order valence-corrected chi connectivity index (χ3v) is 6.06. The van der Waals surface area contributed by atoms with E-state index in [1.807, 2.05) is 6.07 Å². The smallest absolute Gasteiger partial charge is 0.127 e. The molecule has 1 N–H and O–H groups in total. The van der Waals surface area contributed by atoms with Crippen LogP contribution in [0.4, 0.5) is 0 Å². The standard InChI is InChI=1S/C24H34O2/c1-5-6-7-8-9-10-11-18-15-21(25)23-19-14-17(2)12-13-20(19)24(3,4)26-22(23)16-18/h9-10,12,15-16,19-20,25H,5-8,11,13-14H2,1-4H3/b10-9+. The summed E-state index contributed by atoms with van der Waals surface area (Å²) in [6, 6.07) is 4.10. The maximum Gasteiger partial charge on any atom is 0.127 e. The Morgan fingerprint density at radius 2 is 2.04 bits per heavy atom. The fourth-order valence-corrected chi connectivity index (χ4v) is 4.59. The highest BCUT2D eigenvalue weighted by Crippen LogP contribution is 2.54. The zero-order chi connectivity index (χ0) is 18.7. The number of hydrogen-bond donors (Lipinski definition) is 1. The van der Waals surface area contributed by atoms with Crippen molar-refractivity contribution in [2.24, 2.45) is 5.92 Å². The number of phenolic OH excluding ortho intramolecular Hbond substituents is 1. The van der Waals surface area contributed by atoms with E-state index >= 15 is 0 Å². The van der Waals surface area contributed by atoms with Crippen molar-refractivity contribution in [3.8, 4) is 11.5 Å². The van der Waals surface area contributed by atoms with Crippen LogP contribution in [0.15, 0.2) is 35.9 Å². The number of allylic oxidation sites excluding steroid dienone is 4. The van der Waals surface area contributed by atoms with Gasteiger partial charge in [-0.05, 0) is 70.6 Å². The molecule has 0 radical (unpaired) electrons. The number of phenols is 1. The molecule has 0 amide bonds. The van der Waals surface area contributed by atoms with Gasteiger partial charge in [-0.2, -0.15) is 0 Å². The maximum atomic E-state index is 10.8. The molecule has 2 heteroatoms. The van der Waals surface area contributed by atoms with E-state index in [-0.39, 0.29) is 5.60 Å². The zero-order valence-electron chi connectivity index (χ0n) is 16.8.